The number of nitrogens with one attached hydrogen (secondary N) is 1. The number of aliphatic hydroxyl groups excluding tert-OH is 1. The Hall–Kier alpha value is -2.36. The van der Waals surface area contributed by atoms with Crippen LogP contribution in [0.15, 0.2) is 0 Å². The lowest BCUT2D eigenvalue weighted by atomic mass is 9.74. The summed E-state index contributed by atoms with van der Waals surface area (Å²) in [4.78, 5) is 62.3. The summed E-state index contributed by atoms with van der Waals surface area (Å²) in [6.45, 7) is 18.0. The standard InChI is InChI=1S/C36H65N5O9/c1-21(2)37-34(46)41-16-14-40(15-17-41)31(44)27-25(6)49-33(45)35(7,8)29(43)24(5)30(36(9,47-13)19-22(3)20-39(27)12)50-32-28(42)26(38(10)11)18-23(4)48-32/h21-28,30,32,42H,14-20H2,1-13H3,(H,37,46)/t22-,23-,24+,25+,26+,27-,28-,30-,32+,36-/m1/s1. The SMILES string of the molecule is CO[C@]1(C)C[C@@H](C)CN(C)[C@@H](C(=O)N2CCN(C(=O)NC(C)C)CC2)[C@H](C)OC(=O)C(C)(C)C(=O)[C@H](C)[C@H]1O[C@@H]1O[C@H](C)C[C@H](N(C)C)[C@H]1O. The first kappa shape index (κ1) is 42.1. The number of nitrogens with zero attached hydrogens (tertiary/aromatic N) is 4. The van der Waals surface area contributed by atoms with Gasteiger partial charge in [0.05, 0.1) is 17.8 Å². The van der Waals surface area contributed by atoms with Gasteiger partial charge in [-0.2, -0.15) is 0 Å². The number of esters is 1. The monoisotopic (exact) mass is 711 g/mol. The predicted octanol–water partition coefficient (Wildman–Crippen LogP) is 1.97. The second kappa shape index (κ2) is 17.0. The van der Waals surface area contributed by atoms with Gasteiger partial charge in [0.2, 0.25) is 5.91 Å². The van der Waals surface area contributed by atoms with Crippen LogP contribution >= 0.6 is 0 Å². The molecule has 3 saturated heterocycles. The lowest BCUT2D eigenvalue weighted by molar-refractivity contribution is -0.295. The number of Topliss-reactive ketones (excluding diaryl/α,β-unsaturated/α-hetero) is 1. The molecule has 0 unspecified atom stereocenters. The highest BCUT2D eigenvalue weighted by Gasteiger charge is 2.52. The van der Waals surface area contributed by atoms with Crippen LogP contribution < -0.4 is 5.32 Å². The largest absolute Gasteiger partial charge is 0.460 e. The summed E-state index contributed by atoms with van der Waals surface area (Å²) in [5, 5.41) is 14.3. The Morgan fingerprint density at radius 2 is 1.60 bits per heavy atom. The minimum absolute atomic E-state index is 0.000929. The number of urea groups is 1. The topological polar surface area (TPSA) is 150 Å². The molecule has 2 N–H and O–H groups in total. The van der Waals surface area contributed by atoms with Gasteiger partial charge in [-0.05, 0) is 88.4 Å². The van der Waals surface area contributed by atoms with Crippen LogP contribution in [-0.2, 0) is 33.3 Å². The Morgan fingerprint density at radius 3 is 2.14 bits per heavy atom. The highest BCUT2D eigenvalue weighted by Crippen LogP contribution is 2.38. The zero-order chi connectivity index (χ0) is 37.9. The number of rotatable bonds is 6. The number of hydrogen-bond donors (Lipinski definition) is 2. The van der Waals surface area contributed by atoms with Gasteiger partial charge in [0.1, 0.15) is 23.7 Å². The number of hydrogen-bond acceptors (Lipinski definition) is 11. The van der Waals surface area contributed by atoms with E-state index in [-0.39, 0.29) is 36.0 Å². The quantitative estimate of drug-likeness (QED) is 0.308. The molecule has 288 valence electrons. The summed E-state index contributed by atoms with van der Waals surface area (Å²) in [5.41, 5.74) is -2.66. The van der Waals surface area contributed by atoms with Gasteiger partial charge in [0.15, 0.2) is 12.1 Å². The molecule has 3 fully saturated rings. The molecule has 10 atom stereocenters. The molecule has 0 aromatic rings. The van der Waals surface area contributed by atoms with Crippen molar-refractivity contribution in [1.29, 1.82) is 0 Å². The van der Waals surface area contributed by atoms with Gasteiger partial charge in [-0.1, -0.05) is 13.8 Å². The van der Waals surface area contributed by atoms with E-state index in [1.807, 2.05) is 65.6 Å². The molecule has 3 amide bonds. The van der Waals surface area contributed by atoms with Crippen molar-refractivity contribution >= 4 is 23.7 Å². The van der Waals surface area contributed by atoms with Gasteiger partial charge in [-0.15, -0.1) is 0 Å². The van der Waals surface area contributed by atoms with Crippen molar-refractivity contribution in [3.05, 3.63) is 0 Å². The number of methoxy groups -OCH3 is 1. The van der Waals surface area contributed by atoms with E-state index in [0.717, 1.165) is 0 Å². The van der Waals surface area contributed by atoms with Gasteiger partial charge in [0.25, 0.3) is 0 Å². The molecule has 0 radical (unpaired) electrons. The summed E-state index contributed by atoms with van der Waals surface area (Å²) in [7, 11) is 7.19. The van der Waals surface area contributed by atoms with E-state index in [0.29, 0.717) is 45.6 Å². The minimum atomic E-state index is -1.60. The van der Waals surface area contributed by atoms with E-state index >= 15 is 0 Å². The number of likely N-dealkylation sites (N-methyl/N-ethyl adjacent to an activating group) is 2. The van der Waals surface area contributed by atoms with Crippen LogP contribution in [0.25, 0.3) is 0 Å². The van der Waals surface area contributed by atoms with Crippen molar-refractivity contribution < 1.29 is 43.2 Å². The van der Waals surface area contributed by atoms with Crippen molar-refractivity contribution in [3.8, 4) is 0 Å². The summed E-state index contributed by atoms with van der Waals surface area (Å²) in [5.74, 6) is -2.31. The molecule has 0 spiro atoms. The number of aliphatic hydroxyl groups is 1. The molecule has 3 rings (SSSR count). The molecular formula is C36H65N5O9. The number of ketones is 1. The number of cyclic esters (lactones) is 1. The number of carbonyl (C=O) groups excluding carboxylic acids is 4. The fourth-order valence-corrected chi connectivity index (χ4v) is 7.86. The fourth-order valence-electron chi connectivity index (χ4n) is 7.86. The maximum atomic E-state index is 14.4. The third-order valence-corrected chi connectivity index (χ3v) is 10.7. The van der Waals surface area contributed by atoms with Gasteiger partial charge < -0.3 is 44.1 Å². The molecule has 3 aliphatic heterocycles. The summed E-state index contributed by atoms with van der Waals surface area (Å²) in [6.07, 6.45) is -2.99. The third kappa shape index (κ3) is 9.54. The molecule has 50 heavy (non-hydrogen) atoms. The summed E-state index contributed by atoms with van der Waals surface area (Å²) >= 11 is 0. The summed E-state index contributed by atoms with van der Waals surface area (Å²) < 4.78 is 25.0. The zero-order valence-electron chi connectivity index (χ0n) is 32.7. The first-order valence-electron chi connectivity index (χ1n) is 18.1. The van der Waals surface area contributed by atoms with Gasteiger partial charge >= 0.3 is 12.0 Å². The van der Waals surface area contributed by atoms with Gasteiger partial charge in [-0.25, -0.2) is 4.79 Å². The molecule has 0 aliphatic carbocycles. The number of carbonyl (C=O) groups is 4. The number of piperazine rings is 1. The van der Waals surface area contributed by atoms with Crippen molar-refractivity contribution in [2.24, 2.45) is 17.3 Å². The smallest absolute Gasteiger partial charge is 0.319 e. The minimum Gasteiger partial charge on any atom is -0.460 e. The van der Waals surface area contributed by atoms with Crippen LogP contribution in [0.5, 0.6) is 0 Å². The normalized spacial score (nSPS) is 36.8. The van der Waals surface area contributed by atoms with Crippen molar-refractivity contribution in [2.45, 2.75) is 130 Å². The van der Waals surface area contributed by atoms with Crippen LogP contribution in [0.2, 0.25) is 0 Å². The van der Waals surface area contributed by atoms with Crippen molar-refractivity contribution in [3.63, 3.8) is 0 Å². The highest BCUT2D eigenvalue weighted by molar-refractivity contribution is 6.04. The molecular weight excluding hydrogens is 646 g/mol. The molecule has 0 bridgehead atoms. The van der Waals surface area contributed by atoms with Crippen LogP contribution in [0.1, 0.15) is 75.2 Å². The third-order valence-electron chi connectivity index (χ3n) is 10.7. The first-order valence-corrected chi connectivity index (χ1v) is 18.1. The van der Waals surface area contributed by atoms with Crippen LogP contribution in [0.3, 0.4) is 0 Å². The second-order valence-electron chi connectivity index (χ2n) is 16.1. The van der Waals surface area contributed by atoms with Crippen LogP contribution in [0, 0.1) is 17.3 Å². The lowest BCUT2D eigenvalue weighted by Crippen LogP contribution is -2.60. The van der Waals surface area contributed by atoms with Crippen molar-refractivity contribution in [1.82, 2.24) is 24.9 Å². The molecule has 0 aromatic heterocycles. The van der Waals surface area contributed by atoms with Crippen LogP contribution in [-0.4, -0.2) is 164 Å². The average molecular weight is 712 g/mol. The van der Waals surface area contributed by atoms with E-state index < -0.39 is 59.3 Å². The molecule has 3 aliphatic rings. The number of amides is 3. The lowest BCUT2D eigenvalue weighted by Gasteiger charge is -2.47. The van der Waals surface area contributed by atoms with E-state index in [2.05, 4.69) is 5.32 Å². The average Bonchev–Trinajstić information content (AvgIpc) is 3.03. The Labute approximate surface area is 299 Å². The van der Waals surface area contributed by atoms with Gasteiger partial charge in [-0.3, -0.25) is 19.3 Å². The maximum Gasteiger partial charge on any atom is 0.319 e. The molecule has 0 aromatic carbocycles. The van der Waals surface area contributed by atoms with Gasteiger partial charge in [0, 0.05) is 57.8 Å². The maximum absolute atomic E-state index is 14.4. The Bertz CT molecular complexity index is 1190. The Kier molecular flexibility index (Phi) is 14.3. The van der Waals surface area contributed by atoms with E-state index in [1.165, 1.54) is 13.8 Å². The van der Waals surface area contributed by atoms with Crippen molar-refractivity contribution in [2.75, 3.05) is 61.0 Å². The second-order valence-corrected chi connectivity index (χ2v) is 16.1. The Balaban J connectivity index is 1.95. The molecule has 0 saturated carbocycles. The van der Waals surface area contributed by atoms with E-state index in [9.17, 15) is 24.3 Å². The molecule has 14 nitrogen and oxygen atoms in total. The zero-order valence-corrected chi connectivity index (χ0v) is 32.7. The van der Waals surface area contributed by atoms with Crippen LogP contribution in [0.4, 0.5) is 4.79 Å². The van der Waals surface area contributed by atoms with E-state index in [4.69, 9.17) is 18.9 Å². The summed E-state index contributed by atoms with van der Waals surface area (Å²) in [6, 6.07) is -1.23. The highest BCUT2D eigenvalue weighted by atomic mass is 16.7. The number of ether oxygens (including phenoxy) is 4. The molecule has 14 heteroatoms. The fraction of sp³-hybridized carbons (Fsp3) is 0.889. The van der Waals surface area contributed by atoms with E-state index in [1.54, 1.807) is 30.8 Å². The molecule has 3 heterocycles. The first-order chi connectivity index (χ1) is 23.1. The Morgan fingerprint density at radius 1 is 1.02 bits per heavy atom. The predicted molar refractivity (Wildman–Crippen MR) is 188 cm³/mol.